The summed E-state index contributed by atoms with van der Waals surface area (Å²) in [6.07, 6.45) is 2.57. The molecule has 0 amide bonds. The fraction of sp³-hybridized carbons (Fsp3) is 0. The van der Waals surface area contributed by atoms with Gasteiger partial charge in [0.1, 0.15) is 10.7 Å². The molecule has 4 aromatic rings. The third kappa shape index (κ3) is 4.27. The van der Waals surface area contributed by atoms with Crippen LogP contribution in [0.3, 0.4) is 0 Å². The summed E-state index contributed by atoms with van der Waals surface area (Å²) in [5, 5.41) is 0. The Morgan fingerprint density at radius 3 is 2.45 bits per heavy atom. The second kappa shape index (κ2) is 7.76. The van der Waals surface area contributed by atoms with E-state index in [1.54, 1.807) is 18.2 Å². The van der Waals surface area contributed by atoms with Crippen molar-refractivity contribution in [1.82, 2.24) is 4.98 Å². The number of aromatic nitrogens is 1. The normalized spacial score (nSPS) is 11.2. The van der Waals surface area contributed by atoms with Crippen molar-refractivity contribution < 1.29 is 22.0 Å². The molecule has 0 atom stereocenters. The molecule has 0 aliphatic carbocycles. The highest BCUT2D eigenvalue weighted by Gasteiger charge is 2.18. The summed E-state index contributed by atoms with van der Waals surface area (Å²) in [7, 11) is -4.05. The van der Waals surface area contributed by atoms with Crippen LogP contribution in [0.2, 0.25) is 0 Å². The lowest BCUT2D eigenvalue weighted by atomic mass is 10.1. The van der Waals surface area contributed by atoms with Gasteiger partial charge in [-0.15, -0.1) is 0 Å². The van der Waals surface area contributed by atoms with Crippen molar-refractivity contribution in [2.24, 2.45) is 0 Å². The van der Waals surface area contributed by atoms with Gasteiger partial charge in [0.2, 0.25) is 5.88 Å². The Bertz CT molecular complexity index is 1210. The minimum absolute atomic E-state index is 0.131. The molecule has 6 nitrogen and oxygen atoms in total. The SMILES string of the molecule is O=S(=O)(Nc1cc(-c2ccccc2)ccc1F)c1ccc(Oc2ccco2)nc1. The summed E-state index contributed by atoms with van der Waals surface area (Å²) < 4.78 is 52.2. The van der Waals surface area contributed by atoms with Crippen LogP contribution >= 0.6 is 0 Å². The largest absolute Gasteiger partial charge is 0.434 e. The quantitative estimate of drug-likeness (QED) is 0.480. The van der Waals surface area contributed by atoms with Crippen LogP contribution in [0, 0.1) is 5.82 Å². The fourth-order valence-electron chi connectivity index (χ4n) is 2.63. The lowest BCUT2D eigenvalue weighted by Crippen LogP contribution is -2.14. The van der Waals surface area contributed by atoms with Crippen molar-refractivity contribution in [3.63, 3.8) is 0 Å². The maximum absolute atomic E-state index is 14.2. The molecule has 8 heteroatoms. The van der Waals surface area contributed by atoms with Gasteiger partial charge in [0.05, 0.1) is 18.1 Å². The molecule has 0 aliphatic rings. The first-order valence-corrected chi connectivity index (χ1v) is 10.0. The van der Waals surface area contributed by atoms with E-state index in [-0.39, 0.29) is 22.4 Å². The fourth-order valence-corrected chi connectivity index (χ4v) is 3.63. The van der Waals surface area contributed by atoms with E-state index in [1.807, 2.05) is 30.3 Å². The molecule has 2 aromatic carbocycles. The second-order valence-electron chi connectivity index (χ2n) is 6.03. The summed E-state index contributed by atoms with van der Waals surface area (Å²) in [5.74, 6) is -0.291. The number of nitrogens with one attached hydrogen (secondary N) is 1. The van der Waals surface area contributed by atoms with Crippen molar-refractivity contribution in [2.75, 3.05) is 4.72 Å². The predicted octanol–water partition coefficient (Wildman–Crippen LogP) is 5.07. The monoisotopic (exact) mass is 410 g/mol. The van der Waals surface area contributed by atoms with Crippen molar-refractivity contribution in [2.45, 2.75) is 4.90 Å². The Hall–Kier alpha value is -3.65. The zero-order chi connectivity index (χ0) is 20.3. The molecule has 2 heterocycles. The van der Waals surface area contributed by atoms with E-state index in [4.69, 9.17) is 9.15 Å². The average molecular weight is 410 g/mol. The molecular weight excluding hydrogens is 395 g/mol. The van der Waals surface area contributed by atoms with Crippen LogP contribution in [0.25, 0.3) is 11.1 Å². The highest BCUT2D eigenvalue weighted by Crippen LogP contribution is 2.27. The first-order valence-electron chi connectivity index (χ1n) is 8.56. The van der Waals surface area contributed by atoms with Crippen LogP contribution < -0.4 is 9.46 Å². The zero-order valence-corrected chi connectivity index (χ0v) is 15.8. The maximum Gasteiger partial charge on any atom is 0.291 e. The van der Waals surface area contributed by atoms with E-state index < -0.39 is 15.8 Å². The lowest BCUT2D eigenvalue weighted by Gasteiger charge is -2.11. The highest BCUT2D eigenvalue weighted by atomic mass is 32.2. The molecule has 0 aliphatic heterocycles. The summed E-state index contributed by atoms with van der Waals surface area (Å²) in [5.41, 5.74) is 1.38. The van der Waals surface area contributed by atoms with Crippen molar-refractivity contribution in [1.29, 1.82) is 0 Å². The Kier molecular flexibility index (Phi) is 5.01. The Morgan fingerprint density at radius 1 is 0.931 bits per heavy atom. The van der Waals surface area contributed by atoms with E-state index in [1.165, 1.54) is 30.5 Å². The lowest BCUT2D eigenvalue weighted by molar-refractivity contribution is 0.337. The van der Waals surface area contributed by atoms with Crippen LogP contribution in [0.15, 0.2) is 94.6 Å². The zero-order valence-electron chi connectivity index (χ0n) is 14.9. The summed E-state index contributed by atoms with van der Waals surface area (Å²) in [6.45, 7) is 0. The molecule has 0 unspecified atom stereocenters. The van der Waals surface area contributed by atoms with Crippen molar-refractivity contribution in [3.8, 4) is 23.0 Å². The van der Waals surface area contributed by atoms with Crippen LogP contribution in [-0.2, 0) is 10.0 Å². The molecule has 0 radical (unpaired) electrons. The van der Waals surface area contributed by atoms with Crippen LogP contribution in [0.1, 0.15) is 0 Å². The molecule has 0 bridgehead atoms. The number of nitrogens with zero attached hydrogens (tertiary/aromatic N) is 1. The summed E-state index contributed by atoms with van der Waals surface area (Å²) in [6, 6.07) is 19.5. The highest BCUT2D eigenvalue weighted by molar-refractivity contribution is 7.92. The van der Waals surface area contributed by atoms with E-state index >= 15 is 0 Å². The minimum atomic E-state index is -4.05. The number of hydrogen-bond acceptors (Lipinski definition) is 5. The van der Waals surface area contributed by atoms with E-state index in [9.17, 15) is 12.8 Å². The number of pyridine rings is 1. The predicted molar refractivity (Wildman–Crippen MR) is 106 cm³/mol. The number of hydrogen-bond donors (Lipinski definition) is 1. The smallest absolute Gasteiger partial charge is 0.291 e. The molecule has 2 aromatic heterocycles. The molecule has 1 N–H and O–H groups in total. The van der Waals surface area contributed by atoms with Crippen molar-refractivity contribution in [3.05, 3.63) is 91.1 Å². The van der Waals surface area contributed by atoms with Crippen molar-refractivity contribution >= 4 is 15.7 Å². The number of sulfonamides is 1. The van der Waals surface area contributed by atoms with Crippen LogP contribution in [0.5, 0.6) is 11.8 Å². The van der Waals surface area contributed by atoms with Gasteiger partial charge < -0.3 is 9.15 Å². The molecule has 0 spiro atoms. The van der Waals surface area contributed by atoms with Gasteiger partial charge in [0.15, 0.2) is 0 Å². The standard InChI is InChI=1S/C21H15FN2O4S/c22-18-10-8-16(15-5-2-1-3-6-15)13-19(18)24-29(25,26)17-9-11-20(23-14-17)28-21-7-4-12-27-21/h1-14,24H. The summed E-state index contributed by atoms with van der Waals surface area (Å²) >= 11 is 0. The molecule has 0 saturated carbocycles. The molecule has 4 rings (SSSR count). The third-order valence-corrected chi connectivity index (χ3v) is 5.39. The van der Waals surface area contributed by atoms with Gasteiger partial charge in [-0.25, -0.2) is 17.8 Å². The van der Waals surface area contributed by atoms with Gasteiger partial charge in [-0.05, 0) is 35.4 Å². The minimum Gasteiger partial charge on any atom is -0.434 e. The van der Waals surface area contributed by atoms with Gasteiger partial charge in [-0.1, -0.05) is 36.4 Å². The first-order chi connectivity index (χ1) is 14.0. The molecular formula is C21H15FN2O4S. The number of halogens is 1. The van der Waals surface area contributed by atoms with E-state index in [2.05, 4.69) is 9.71 Å². The van der Waals surface area contributed by atoms with Crippen LogP contribution in [0.4, 0.5) is 10.1 Å². The maximum atomic E-state index is 14.2. The molecule has 0 saturated heterocycles. The Labute approximate surface area is 166 Å². The van der Waals surface area contributed by atoms with Gasteiger partial charge in [0, 0.05) is 12.1 Å². The molecule has 146 valence electrons. The first kappa shape index (κ1) is 18.7. The van der Waals surface area contributed by atoms with Crippen LogP contribution in [-0.4, -0.2) is 13.4 Å². The number of benzene rings is 2. The third-order valence-electron chi connectivity index (χ3n) is 4.04. The summed E-state index contributed by atoms with van der Waals surface area (Å²) in [4.78, 5) is 3.82. The number of rotatable bonds is 6. The Balaban J connectivity index is 1.57. The van der Waals surface area contributed by atoms with Gasteiger partial charge in [0.25, 0.3) is 16.0 Å². The van der Waals surface area contributed by atoms with E-state index in [0.29, 0.717) is 5.56 Å². The van der Waals surface area contributed by atoms with Gasteiger partial charge in [-0.3, -0.25) is 4.72 Å². The van der Waals surface area contributed by atoms with E-state index in [0.717, 1.165) is 11.8 Å². The second-order valence-corrected chi connectivity index (χ2v) is 7.71. The molecule has 0 fully saturated rings. The van der Waals surface area contributed by atoms with Gasteiger partial charge in [-0.2, -0.15) is 0 Å². The van der Waals surface area contributed by atoms with Gasteiger partial charge >= 0.3 is 0 Å². The average Bonchev–Trinajstić information content (AvgIpc) is 3.24. The topological polar surface area (TPSA) is 81.4 Å². The number of furan rings is 1. The number of ether oxygens (including phenoxy) is 1. The number of anilines is 1. The Morgan fingerprint density at radius 2 is 1.76 bits per heavy atom. The molecule has 29 heavy (non-hydrogen) atoms.